The predicted molar refractivity (Wildman–Crippen MR) is 96.1 cm³/mol. The Bertz CT molecular complexity index is 1100. The highest BCUT2D eigenvalue weighted by Crippen LogP contribution is 2.38. The molecule has 1 aromatic heterocycles. The summed E-state index contributed by atoms with van der Waals surface area (Å²) < 4.78 is 34.5. The molecular formula is C21H16F2O3. The number of furan rings is 1. The molecule has 2 N–H and O–H groups in total. The van der Waals surface area contributed by atoms with E-state index in [0.717, 1.165) is 12.0 Å². The van der Waals surface area contributed by atoms with E-state index in [0.29, 0.717) is 28.3 Å². The normalized spacial score (nSPS) is 11.5. The second kappa shape index (κ2) is 6.42. The van der Waals surface area contributed by atoms with Gasteiger partial charge in [0.2, 0.25) is 5.82 Å². The molecule has 132 valence electrons. The third kappa shape index (κ3) is 2.61. The van der Waals surface area contributed by atoms with Crippen molar-refractivity contribution in [1.82, 2.24) is 0 Å². The molecule has 0 atom stereocenters. The lowest BCUT2D eigenvalue weighted by molar-refractivity contribution is 0.288. The van der Waals surface area contributed by atoms with E-state index < -0.39 is 17.4 Å². The second-order valence-electron chi connectivity index (χ2n) is 6.21. The number of benzene rings is 3. The molecule has 0 spiro atoms. The summed E-state index contributed by atoms with van der Waals surface area (Å²) in [5.41, 5.74) is 1.91. The number of aromatic hydroxyl groups is 1. The number of phenolic OH excluding ortho intramolecular Hbond substituents is 1. The van der Waals surface area contributed by atoms with Crippen LogP contribution in [0.1, 0.15) is 12.0 Å². The van der Waals surface area contributed by atoms with Gasteiger partial charge in [-0.3, -0.25) is 0 Å². The van der Waals surface area contributed by atoms with Crippen LogP contribution in [0.5, 0.6) is 5.75 Å². The monoisotopic (exact) mass is 354 g/mol. The number of hydrogen-bond acceptors (Lipinski definition) is 3. The quantitative estimate of drug-likeness (QED) is 0.532. The number of aliphatic hydroxyl groups excluding tert-OH is 1. The van der Waals surface area contributed by atoms with E-state index in [2.05, 4.69) is 0 Å². The van der Waals surface area contributed by atoms with Crippen molar-refractivity contribution >= 4 is 21.9 Å². The molecule has 4 aromatic rings. The van der Waals surface area contributed by atoms with Gasteiger partial charge in [0.25, 0.3) is 0 Å². The summed E-state index contributed by atoms with van der Waals surface area (Å²) in [7, 11) is 0. The van der Waals surface area contributed by atoms with Crippen molar-refractivity contribution < 1.29 is 23.4 Å². The summed E-state index contributed by atoms with van der Waals surface area (Å²) >= 11 is 0. The topological polar surface area (TPSA) is 53.6 Å². The third-order valence-electron chi connectivity index (χ3n) is 4.56. The van der Waals surface area contributed by atoms with Crippen LogP contribution in [0.3, 0.4) is 0 Å². The summed E-state index contributed by atoms with van der Waals surface area (Å²) in [6, 6.07) is 13.5. The molecule has 1 heterocycles. The largest absolute Gasteiger partial charge is 0.505 e. The zero-order valence-corrected chi connectivity index (χ0v) is 13.8. The van der Waals surface area contributed by atoms with Gasteiger partial charge in [-0.15, -0.1) is 0 Å². The van der Waals surface area contributed by atoms with Crippen LogP contribution in [0.25, 0.3) is 33.1 Å². The lowest BCUT2D eigenvalue weighted by Crippen LogP contribution is -1.90. The van der Waals surface area contributed by atoms with Crippen molar-refractivity contribution in [3.8, 4) is 16.9 Å². The van der Waals surface area contributed by atoms with Crippen molar-refractivity contribution in [2.75, 3.05) is 6.61 Å². The van der Waals surface area contributed by atoms with Crippen molar-refractivity contribution in [3.05, 3.63) is 65.7 Å². The number of hydrogen-bond donors (Lipinski definition) is 2. The lowest BCUT2D eigenvalue weighted by atomic mass is 10.00. The van der Waals surface area contributed by atoms with Crippen molar-refractivity contribution in [2.45, 2.75) is 12.8 Å². The smallest absolute Gasteiger partial charge is 0.207 e. The van der Waals surface area contributed by atoms with Gasteiger partial charge in [0.15, 0.2) is 22.7 Å². The maximum atomic E-state index is 15.0. The fourth-order valence-corrected chi connectivity index (χ4v) is 3.18. The Balaban J connectivity index is 1.83. The van der Waals surface area contributed by atoms with E-state index in [-0.39, 0.29) is 17.8 Å². The van der Waals surface area contributed by atoms with Gasteiger partial charge in [0, 0.05) is 22.9 Å². The highest BCUT2D eigenvalue weighted by atomic mass is 19.1. The summed E-state index contributed by atoms with van der Waals surface area (Å²) in [4.78, 5) is 0. The molecular weight excluding hydrogens is 338 g/mol. The minimum Gasteiger partial charge on any atom is -0.505 e. The van der Waals surface area contributed by atoms with Crippen molar-refractivity contribution in [3.63, 3.8) is 0 Å². The SMILES string of the molecule is OCCCc1ccc(-c2ccc3c(oc4c(F)c(O)ccc43)c2F)cc1. The predicted octanol–water partition coefficient (Wildman–Crippen LogP) is 5.16. The molecule has 0 bridgehead atoms. The Morgan fingerprint density at radius 1 is 0.808 bits per heavy atom. The molecule has 0 radical (unpaired) electrons. The first-order valence-corrected chi connectivity index (χ1v) is 8.32. The molecule has 0 saturated heterocycles. The molecule has 0 amide bonds. The number of aliphatic hydroxyl groups is 1. The zero-order valence-electron chi connectivity index (χ0n) is 13.8. The van der Waals surface area contributed by atoms with Crippen molar-refractivity contribution in [2.24, 2.45) is 0 Å². The first-order valence-electron chi connectivity index (χ1n) is 8.32. The van der Waals surface area contributed by atoms with E-state index in [9.17, 15) is 9.50 Å². The van der Waals surface area contributed by atoms with Crippen molar-refractivity contribution in [1.29, 1.82) is 0 Å². The van der Waals surface area contributed by atoms with Crippen LogP contribution in [0, 0.1) is 11.6 Å². The molecule has 0 aliphatic carbocycles. The van der Waals surface area contributed by atoms with Gasteiger partial charge >= 0.3 is 0 Å². The molecule has 3 aromatic carbocycles. The summed E-state index contributed by atoms with van der Waals surface area (Å²) in [5.74, 6) is -2.00. The Hall–Kier alpha value is -2.92. The average Bonchev–Trinajstić information content (AvgIpc) is 3.04. The van der Waals surface area contributed by atoms with Crippen LogP contribution in [0.2, 0.25) is 0 Å². The first kappa shape index (κ1) is 16.5. The molecule has 0 aliphatic heterocycles. The minimum atomic E-state index is -0.895. The van der Waals surface area contributed by atoms with Gasteiger partial charge in [-0.05, 0) is 42.2 Å². The number of phenols is 1. The molecule has 5 heteroatoms. The summed E-state index contributed by atoms with van der Waals surface area (Å²) in [6.07, 6.45) is 1.43. The Labute approximate surface area is 148 Å². The molecule has 0 saturated carbocycles. The standard InChI is InChI=1S/C21H16F2O3/c22-18-14(13-5-3-12(4-6-13)2-1-11-24)7-8-15-16-9-10-17(25)19(23)21(16)26-20(15)18/h3-10,24-25H,1-2,11H2. The summed E-state index contributed by atoms with van der Waals surface area (Å²) in [5, 5.41) is 19.3. The van der Waals surface area contributed by atoms with Crippen LogP contribution < -0.4 is 0 Å². The maximum absolute atomic E-state index is 15.0. The molecule has 3 nitrogen and oxygen atoms in total. The fraction of sp³-hybridized carbons (Fsp3) is 0.143. The fourth-order valence-electron chi connectivity index (χ4n) is 3.18. The van der Waals surface area contributed by atoms with Crippen LogP contribution in [-0.2, 0) is 6.42 Å². The summed E-state index contributed by atoms with van der Waals surface area (Å²) in [6.45, 7) is 0.130. The Kier molecular flexibility index (Phi) is 4.09. The van der Waals surface area contributed by atoms with Gasteiger partial charge in [-0.1, -0.05) is 30.3 Å². The van der Waals surface area contributed by atoms with Gasteiger partial charge < -0.3 is 14.6 Å². The second-order valence-corrected chi connectivity index (χ2v) is 6.21. The van der Waals surface area contributed by atoms with E-state index in [4.69, 9.17) is 9.52 Å². The maximum Gasteiger partial charge on any atom is 0.207 e. The first-order chi connectivity index (χ1) is 12.6. The number of fused-ring (bicyclic) bond motifs is 3. The Morgan fingerprint density at radius 2 is 1.46 bits per heavy atom. The highest BCUT2D eigenvalue weighted by molar-refractivity contribution is 6.06. The molecule has 0 aliphatic rings. The minimum absolute atomic E-state index is 0.0358. The van der Waals surface area contributed by atoms with Gasteiger partial charge in [-0.2, -0.15) is 4.39 Å². The third-order valence-corrected chi connectivity index (χ3v) is 4.56. The molecule has 4 rings (SSSR count). The van der Waals surface area contributed by atoms with E-state index >= 15 is 4.39 Å². The van der Waals surface area contributed by atoms with Gasteiger partial charge in [0.05, 0.1) is 0 Å². The number of halogens is 2. The van der Waals surface area contributed by atoms with Crippen LogP contribution in [0.4, 0.5) is 8.78 Å². The number of rotatable bonds is 4. The highest BCUT2D eigenvalue weighted by Gasteiger charge is 2.19. The van der Waals surface area contributed by atoms with Crippen LogP contribution in [-0.4, -0.2) is 16.8 Å². The number of aryl methyl sites for hydroxylation is 1. The van der Waals surface area contributed by atoms with Gasteiger partial charge in [-0.25, -0.2) is 4.39 Å². The molecule has 0 unspecified atom stereocenters. The Morgan fingerprint density at radius 3 is 2.15 bits per heavy atom. The van der Waals surface area contributed by atoms with Crippen LogP contribution in [0.15, 0.2) is 52.9 Å². The van der Waals surface area contributed by atoms with Gasteiger partial charge in [0.1, 0.15) is 0 Å². The lowest BCUT2D eigenvalue weighted by Gasteiger charge is -2.06. The average molecular weight is 354 g/mol. The van der Waals surface area contributed by atoms with E-state index in [1.54, 1.807) is 12.1 Å². The van der Waals surface area contributed by atoms with E-state index in [1.807, 2.05) is 24.3 Å². The van der Waals surface area contributed by atoms with E-state index in [1.165, 1.54) is 12.1 Å². The van der Waals surface area contributed by atoms with Crippen LogP contribution >= 0.6 is 0 Å². The molecule has 0 fully saturated rings. The zero-order chi connectivity index (χ0) is 18.3. The molecule has 26 heavy (non-hydrogen) atoms.